The van der Waals surface area contributed by atoms with Gasteiger partial charge in [0.05, 0.1) is 5.56 Å². The van der Waals surface area contributed by atoms with E-state index in [1.807, 2.05) is 13.8 Å². The van der Waals surface area contributed by atoms with Crippen LogP contribution in [0, 0.1) is 11.3 Å². The quantitative estimate of drug-likeness (QED) is 0.771. The zero-order valence-corrected chi connectivity index (χ0v) is 7.98. The maximum Gasteiger partial charge on any atom is 0.338 e. The lowest BCUT2D eigenvalue weighted by Gasteiger charge is -2.05. The first-order chi connectivity index (χ1) is 6.56. The number of carboxylic acid groups (broad SMARTS) is 1. The Morgan fingerprint density at radius 2 is 2.21 bits per heavy atom. The van der Waals surface area contributed by atoms with Crippen LogP contribution in [0.25, 0.3) is 0 Å². The molecule has 0 saturated carbocycles. The first-order valence-corrected chi connectivity index (χ1v) is 4.20. The van der Waals surface area contributed by atoms with Crippen LogP contribution in [0.3, 0.4) is 0 Å². The Morgan fingerprint density at radius 3 is 2.64 bits per heavy atom. The van der Waals surface area contributed by atoms with Gasteiger partial charge in [-0.05, 0) is 18.1 Å². The Labute approximate surface area is 81.8 Å². The highest BCUT2D eigenvalue weighted by atomic mass is 16.4. The summed E-state index contributed by atoms with van der Waals surface area (Å²) in [5, 5.41) is 17.4. The van der Waals surface area contributed by atoms with Crippen molar-refractivity contribution in [3.63, 3.8) is 0 Å². The standard InChI is InChI=1S/C10H10N2O2/c1-6(2)8-4-3-7(10(13)14)9(5-11)12-8/h3-4,6H,1-2H3,(H,13,14). The molecule has 72 valence electrons. The molecule has 14 heavy (non-hydrogen) atoms. The molecule has 4 nitrogen and oxygen atoms in total. The first kappa shape index (κ1) is 10.2. The Balaban J connectivity index is 3.27. The van der Waals surface area contributed by atoms with Crippen LogP contribution in [-0.4, -0.2) is 16.1 Å². The maximum atomic E-state index is 10.7. The van der Waals surface area contributed by atoms with Gasteiger partial charge in [0.15, 0.2) is 5.69 Å². The molecule has 1 aromatic rings. The van der Waals surface area contributed by atoms with Gasteiger partial charge in [0.2, 0.25) is 0 Å². The van der Waals surface area contributed by atoms with E-state index in [1.165, 1.54) is 6.07 Å². The molecule has 4 heteroatoms. The topological polar surface area (TPSA) is 74.0 Å². The Morgan fingerprint density at radius 1 is 1.57 bits per heavy atom. The van der Waals surface area contributed by atoms with Gasteiger partial charge in [-0.2, -0.15) is 5.26 Å². The summed E-state index contributed by atoms with van der Waals surface area (Å²) in [5.41, 5.74) is 0.659. The molecule has 0 aromatic carbocycles. The number of aromatic nitrogens is 1. The van der Waals surface area contributed by atoms with E-state index in [-0.39, 0.29) is 17.2 Å². The largest absolute Gasteiger partial charge is 0.478 e. The van der Waals surface area contributed by atoms with Crippen LogP contribution in [0.5, 0.6) is 0 Å². The summed E-state index contributed by atoms with van der Waals surface area (Å²) >= 11 is 0. The van der Waals surface area contributed by atoms with E-state index in [0.717, 1.165) is 5.69 Å². The SMILES string of the molecule is CC(C)c1ccc(C(=O)O)c(C#N)n1. The molecule has 0 radical (unpaired) electrons. The third-order valence-electron chi connectivity index (χ3n) is 1.84. The average molecular weight is 190 g/mol. The normalized spacial score (nSPS) is 9.86. The highest BCUT2D eigenvalue weighted by Gasteiger charge is 2.12. The van der Waals surface area contributed by atoms with Crippen molar-refractivity contribution in [1.29, 1.82) is 5.26 Å². The van der Waals surface area contributed by atoms with Crippen LogP contribution < -0.4 is 0 Å². The predicted molar refractivity (Wildman–Crippen MR) is 50.0 cm³/mol. The molecule has 1 N–H and O–H groups in total. The van der Waals surface area contributed by atoms with Gasteiger partial charge >= 0.3 is 5.97 Å². The van der Waals surface area contributed by atoms with Crippen molar-refractivity contribution in [3.05, 3.63) is 29.1 Å². The minimum Gasteiger partial charge on any atom is -0.478 e. The van der Waals surface area contributed by atoms with Crippen LogP contribution in [0.4, 0.5) is 0 Å². The van der Waals surface area contributed by atoms with Crippen LogP contribution in [0.15, 0.2) is 12.1 Å². The number of nitriles is 1. The van der Waals surface area contributed by atoms with Crippen molar-refractivity contribution < 1.29 is 9.90 Å². The van der Waals surface area contributed by atoms with Crippen molar-refractivity contribution in [2.75, 3.05) is 0 Å². The lowest BCUT2D eigenvalue weighted by atomic mass is 10.1. The summed E-state index contributed by atoms with van der Waals surface area (Å²) < 4.78 is 0. The molecule has 0 amide bonds. The molecule has 0 unspecified atom stereocenters. The third-order valence-corrected chi connectivity index (χ3v) is 1.84. The van der Waals surface area contributed by atoms with E-state index in [9.17, 15) is 4.79 Å². The van der Waals surface area contributed by atoms with E-state index >= 15 is 0 Å². The highest BCUT2D eigenvalue weighted by Crippen LogP contribution is 2.14. The molecule has 0 bridgehead atoms. The second kappa shape index (κ2) is 3.88. The van der Waals surface area contributed by atoms with Gasteiger partial charge in [-0.25, -0.2) is 9.78 Å². The molecule has 0 saturated heterocycles. The van der Waals surface area contributed by atoms with Crippen molar-refractivity contribution in [2.24, 2.45) is 0 Å². The number of aromatic carboxylic acids is 1. The molecular formula is C10H10N2O2. The molecule has 0 fully saturated rings. The molecule has 0 aliphatic rings. The van der Waals surface area contributed by atoms with Gasteiger partial charge in [0.25, 0.3) is 0 Å². The Kier molecular flexibility index (Phi) is 2.82. The van der Waals surface area contributed by atoms with Gasteiger partial charge in [-0.15, -0.1) is 0 Å². The second-order valence-electron chi connectivity index (χ2n) is 3.20. The fraction of sp³-hybridized carbons (Fsp3) is 0.300. The van der Waals surface area contributed by atoms with Gasteiger partial charge in [-0.3, -0.25) is 0 Å². The number of carboxylic acids is 1. The summed E-state index contributed by atoms with van der Waals surface area (Å²) in [4.78, 5) is 14.6. The molecule has 0 atom stereocenters. The van der Waals surface area contributed by atoms with Crippen LogP contribution in [0.1, 0.15) is 41.5 Å². The van der Waals surface area contributed by atoms with Crippen molar-refractivity contribution in [2.45, 2.75) is 19.8 Å². The smallest absolute Gasteiger partial charge is 0.338 e. The highest BCUT2D eigenvalue weighted by molar-refractivity contribution is 5.89. The summed E-state index contributed by atoms with van der Waals surface area (Å²) in [6.07, 6.45) is 0. The summed E-state index contributed by atoms with van der Waals surface area (Å²) in [5.74, 6) is -0.936. The van der Waals surface area contributed by atoms with Crippen LogP contribution >= 0.6 is 0 Å². The van der Waals surface area contributed by atoms with E-state index < -0.39 is 5.97 Å². The van der Waals surface area contributed by atoms with E-state index in [2.05, 4.69) is 4.98 Å². The Bertz CT molecular complexity index is 405. The minimum atomic E-state index is -1.12. The number of pyridine rings is 1. The van der Waals surface area contributed by atoms with Crippen molar-refractivity contribution in [3.8, 4) is 6.07 Å². The summed E-state index contributed by atoms with van der Waals surface area (Å²) in [6, 6.07) is 4.83. The molecule has 0 aliphatic carbocycles. The first-order valence-electron chi connectivity index (χ1n) is 4.20. The molecular weight excluding hydrogens is 180 g/mol. The van der Waals surface area contributed by atoms with Gasteiger partial charge in [0.1, 0.15) is 6.07 Å². The number of hydrogen-bond donors (Lipinski definition) is 1. The molecule has 1 aromatic heterocycles. The van der Waals surface area contributed by atoms with E-state index in [0.29, 0.717) is 0 Å². The minimum absolute atomic E-state index is 0.0244. The zero-order valence-electron chi connectivity index (χ0n) is 7.98. The summed E-state index contributed by atoms with van der Waals surface area (Å²) in [6.45, 7) is 3.87. The second-order valence-corrected chi connectivity index (χ2v) is 3.20. The molecule has 1 rings (SSSR count). The third kappa shape index (κ3) is 1.88. The lowest BCUT2D eigenvalue weighted by Crippen LogP contribution is -2.05. The van der Waals surface area contributed by atoms with Crippen LogP contribution in [0.2, 0.25) is 0 Å². The number of nitrogens with zero attached hydrogens (tertiary/aromatic N) is 2. The van der Waals surface area contributed by atoms with Crippen LogP contribution in [-0.2, 0) is 0 Å². The van der Waals surface area contributed by atoms with Crippen molar-refractivity contribution in [1.82, 2.24) is 4.98 Å². The Hall–Kier alpha value is -1.89. The molecule has 1 heterocycles. The molecule has 0 spiro atoms. The fourth-order valence-electron chi connectivity index (χ4n) is 1.05. The predicted octanol–water partition coefficient (Wildman–Crippen LogP) is 1.77. The zero-order chi connectivity index (χ0) is 10.7. The monoisotopic (exact) mass is 190 g/mol. The maximum absolute atomic E-state index is 10.7. The van der Waals surface area contributed by atoms with Gasteiger partial charge < -0.3 is 5.11 Å². The van der Waals surface area contributed by atoms with Gasteiger partial charge in [-0.1, -0.05) is 13.8 Å². The molecule has 0 aliphatic heterocycles. The van der Waals surface area contributed by atoms with Crippen molar-refractivity contribution >= 4 is 5.97 Å². The number of hydrogen-bond acceptors (Lipinski definition) is 3. The number of rotatable bonds is 2. The van der Waals surface area contributed by atoms with Gasteiger partial charge in [0, 0.05) is 5.69 Å². The van der Waals surface area contributed by atoms with E-state index in [4.69, 9.17) is 10.4 Å². The summed E-state index contributed by atoms with van der Waals surface area (Å²) in [7, 11) is 0. The lowest BCUT2D eigenvalue weighted by molar-refractivity contribution is 0.0696. The average Bonchev–Trinajstić information content (AvgIpc) is 2.16. The number of carbonyl (C=O) groups is 1. The van der Waals surface area contributed by atoms with E-state index in [1.54, 1.807) is 12.1 Å². The fourth-order valence-corrected chi connectivity index (χ4v) is 1.05.